The predicted octanol–water partition coefficient (Wildman–Crippen LogP) is 19.2. The van der Waals surface area contributed by atoms with Crippen molar-refractivity contribution >= 4 is 17.9 Å². The Kier molecular flexibility index (Phi) is 53.3. The predicted molar refractivity (Wildman–Crippen MR) is 288 cm³/mol. The van der Waals surface area contributed by atoms with Gasteiger partial charge < -0.3 is 14.2 Å². The molecule has 0 aliphatic rings. The summed E-state index contributed by atoms with van der Waals surface area (Å²) in [7, 11) is 0. The SMILES string of the molecule is CCCCC/C=C\C/C=C\C/C=C\C/C=C\CCCC(=O)O[C@H](COC(=O)CCCCCCC/C=C\CCCCCCC)COC(=O)CCCCCCCCCCCCCCCCCCCC. The van der Waals surface area contributed by atoms with Crippen LogP contribution < -0.4 is 0 Å². The van der Waals surface area contributed by atoms with Gasteiger partial charge in [0.1, 0.15) is 13.2 Å². The summed E-state index contributed by atoms with van der Waals surface area (Å²) in [5.74, 6) is -0.950. The van der Waals surface area contributed by atoms with Gasteiger partial charge in [-0.1, -0.05) is 248 Å². The van der Waals surface area contributed by atoms with E-state index in [0.29, 0.717) is 19.3 Å². The Morgan fingerprint density at radius 1 is 0.299 bits per heavy atom. The zero-order chi connectivity index (χ0) is 48.6. The molecule has 1 atom stereocenters. The van der Waals surface area contributed by atoms with E-state index in [-0.39, 0.29) is 37.5 Å². The Morgan fingerprint density at radius 2 is 0.552 bits per heavy atom. The van der Waals surface area contributed by atoms with Crippen molar-refractivity contribution in [3.8, 4) is 0 Å². The molecule has 0 unspecified atom stereocenters. The van der Waals surface area contributed by atoms with E-state index in [1.807, 2.05) is 0 Å². The van der Waals surface area contributed by atoms with Crippen LogP contribution in [0, 0.1) is 0 Å². The van der Waals surface area contributed by atoms with Crippen LogP contribution in [0.25, 0.3) is 0 Å². The van der Waals surface area contributed by atoms with Crippen LogP contribution >= 0.6 is 0 Å². The van der Waals surface area contributed by atoms with Gasteiger partial charge in [-0.15, -0.1) is 0 Å². The Balaban J connectivity index is 4.44. The lowest BCUT2D eigenvalue weighted by atomic mass is 10.0. The van der Waals surface area contributed by atoms with Gasteiger partial charge in [-0.3, -0.25) is 14.4 Å². The lowest BCUT2D eigenvalue weighted by Crippen LogP contribution is -2.30. The molecule has 0 amide bonds. The van der Waals surface area contributed by atoms with Gasteiger partial charge in [0.05, 0.1) is 0 Å². The minimum atomic E-state index is -0.804. The first-order chi connectivity index (χ1) is 33.0. The van der Waals surface area contributed by atoms with Crippen molar-refractivity contribution in [1.29, 1.82) is 0 Å². The first-order valence-electron chi connectivity index (χ1n) is 28.8. The summed E-state index contributed by atoms with van der Waals surface area (Å²) in [6.45, 7) is 6.58. The first kappa shape index (κ1) is 64.1. The van der Waals surface area contributed by atoms with Crippen molar-refractivity contribution in [2.45, 2.75) is 297 Å². The molecule has 0 aromatic rings. The first-order valence-corrected chi connectivity index (χ1v) is 28.8. The Bertz CT molecular complexity index is 1210. The van der Waals surface area contributed by atoms with E-state index in [2.05, 4.69) is 81.5 Å². The fourth-order valence-corrected chi connectivity index (χ4v) is 8.14. The maximum atomic E-state index is 12.8. The number of carbonyl (C=O) groups excluding carboxylic acids is 3. The van der Waals surface area contributed by atoms with Crippen LogP contribution in [0.2, 0.25) is 0 Å². The zero-order valence-electron chi connectivity index (χ0n) is 44.4. The van der Waals surface area contributed by atoms with E-state index in [1.54, 1.807) is 0 Å². The third kappa shape index (κ3) is 53.9. The third-order valence-corrected chi connectivity index (χ3v) is 12.5. The summed E-state index contributed by atoms with van der Waals surface area (Å²) < 4.78 is 16.8. The molecule has 67 heavy (non-hydrogen) atoms. The Morgan fingerprint density at radius 3 is 0.925 bits per heavy atom. The highest BCUT2D eigenvalue weighted by atomic mass is 16.6. The van der Waals surface area contributed by atoms with Crippen LogP contribution in [-0.4, -0.2) is 37.2 Å². The van der Waals surface area contributed by atoms with Gasteiger partial charge in [0.25, 0.3) is 0 Å². The Labute approximate surface area is 415 Å². The number of ether oxygens (including phenoxy) is 3. The summed E-state index contributed by atoms with van der Waals surface area (Å²) in [5, 5.41) is 0. The highest BCUT2D eigenvalue weighted by molar-refractivity contribution is 5.71. The number of hydrogen-bond donors (Lipinski definition) is 0. The third-order valence-electron chi connectivity index (χ3n) is 12.5. The molecule has 6 heteroatoms. The number of allylic oxidation sites excluding steroid dienone is 10. The van der Waals surface area contributed by atoms with Crippen LogP contribution in [0.15, 0.2) is 60.8 Å². The second-order valence-corrected chi connectivity index (χ2v) is 19.2. The van der Waals surface area contributed by atoms with E-state index in [9.17, 15) is 14.4 Å². The molecule has 0 saturated heterocycles. The van der Waals surface area contributed by atoms with E-state index in [1.165, 1.54) is 173 Å². The normalized spacial score (nSPS) is 12.5. The van der Waals surface area contributed by atoms with Gasteiger partial charge in [0.2, 0.25) is 0 Å². The summed E-state index contributed by atoms with van der Waals surface area (Å²) in [5.41, 5.74) is 0. The van der Waals surface area contributed by atoms with Crippen LogP contribution in [0.3, 0.4) is 0 Å². The second-order valence-electron chi connectivity index (χ2n) is 19.2. The van der Waals surface area contributed by atoms with Crippen LogP contribution in [-0.2, 0) is 28.6 Å². The fourth-order valence-electron chi connectivity index (χ4n) is 8.14. The zero-order valence-corrected chi connectivity index (χ0v) is 44.4. The van der Waals surface area contributed by atoms with E-state index in [4.69, 9.17) is 14.2 Å². The van der Waals surface area contributed by atoms with Crippen LogP contribution in [0.4, 0.5) is 0 Å². The molecule has 0 rings (SSSR count). The molecular formula is C61H108O6. The Hall–Kier alpha value is -2.89. The smallest absolute Gasteiger partial charge is 0.306 e. The van der Waals surface area contributed by atoms with Crippen molar-refractivity contribution < 1.29 is 28.6 Å². The lowest BCUT2D eigenvalue weighted by molar-refractivity contribution is -0.167. The standard InChI is InChI=1S/C61H108O6/c1-4-7-10-13-16-19-22-25-28-30-32-33-36-39-42-45-48-51-54-60(63)66-57-58(56-65-59(62)53-50-47-44-41-38-35-27-24-21-18-15-12-9-6-3)67-61(64)55-52-49-46-43-40-37-34-31-29-26-23-20-17-14-11-8-5-2/h17,20,24,26-27,29,34,37,43,46,58H,4-16,18-19,21-23,25,28,30-33,35-36,38-42,44-45,47-57H2,1-3H3/b20-17-,27-24-,29-26-,37-34-,46-43-/t58-/m1/s1. The monoisotopic (exact) mass is 937 g/mol. The quantitative estimate of drug-likeness (QED) is 0.0262. The molecule has 0 heterocycles. The summed E-state index contributed by atoms with van der Waals surface area (Å²) >= 11 is 0. The molecule has 0 aliphatic carbocycles. The number of esters is 3. The highest BCUT2D eigenvalue weighted by Crippen LogP contribution is 2.16. The lowest BCUT2D eigenvalue weighted by Gasteiger charge is -2.18. The average Bonchev–Trinajstić information content (AvgIpc) is 3.33. The summed E-state index contributed by atoms with van der Waals surface area (Å²) in [4.78, 5) is 38.1. The molecule has 388 valence electrons. The van der Waals surface area contributed by atoms with Crippen LogP contribution in [0.1, 0.15) is 290 Å². The van der Waals surface area contributed by atoms with Crippen molar-refractivity contribution in [2.75, 3.05) is 13.2 Å². The van der Waals surface area contributed by atoms with Crippen molar-refractivity contribution in [3.63, 3.8) is 0 Å². The van der Waals surface area contributed by atoms with Crippen LogP contribution in [0.5, 0.6) is 0 Å². The van der Waals surface area contributed by atoms with Gasteiger partial charge >= 0.3 is 17.9 Å². The topological polar surface area (TPSA) is 78.9 Å². The van der Waals surface area contributed by atoms with Gasteiger partial charge in [-0.25, -0.2) is 0 Å². The minimum Gasteiger partial charge on any atom is -0.462 e. The van der Waals surface area contributed by atoms with Crippen molar-refractivity contribution in [2.24, 2.45) is 0 Å². The van der Waals surface area contributed by atoms with Crippen molar-refractivity contribution in [3.05, 3.63) is 60.8 Å². The van der Waals surface area contributed by atoms with Gasteiger partial charge in [0.15, 0.2) is 6.10 Å². The molecule has 0 saturated carbocycles. The molecule has 0 aromatic heterocycles. The number of rotatable bonds is 52. The molecule has 6 nitrogen and oxygen atoms in total. The largest absolute Gasteiger partial charge is 0.462 e. The summed E-state index contributed by atoms with van der Waals surface area (Å²) in [6, 6.07) is 0. The second kappa shape index (κ2) is 55.7. The molecule has 0 radical (unpaired) electrons. The maximum absolute atomic E-state index is 12.8. The van der Waals surface area contributed by atoms with Crippen molar-refractivity contribution in [1.82, 2.24) is 0 Å². The van der Waals surface area contributed by atoms with E-state index < -0.39 is 6.10 Å². The molecular weight excluding hydrogens is 829 g/mol. The molecule has 0 aliphatic heterocycles. The van der Waals surface area contributed by atoms with E-state index >= 15 is 0 Å². The summed E-state index contributed by atoms with van der Waals surface area (Å²) in [6.07, 6.45) is 69.3. The number of unbranched alkanes of at least 4 members (excludes halogenated alkanes) is 31. The average molecular weight is 938 g/mol. The number of carbonyl (C=O) groups is 3. The van der Waals surface area contributed by atoms with Gasteiger partial charge in [-0.2, -0.15) is 0 Å². The molecule has 0 fully saturated rings. The van der Waals surface area contributed by atoms with Gasteiger partial charge in [-0.05, 0) is 83.5 Å². The van der Waals surface area contributed by atoms with E-state index in [0.717, 1.165) is 70.6 Å². The van der Waals surface area contributed by atoms with Gasteiger partial charge in [0, 0.05) is 19.3 Å². The molecule has 0 spiro atoms. The minimum absolute atomic E-state index is 0.0959. The number of hydrogen-bond acceptors (Lipinski definition) is 6. The highest BCUT2D eigenvalue weighted by Gasteiger charge is 2.19. The maximum Gasteiger partial charge on any atom is 0.306 e. The molecule has 0 bridgehead atoms. The fraction of sp³-hybridized carbons (Fsp3) is 0.787. The molecule has 0 aromatic carbocycles. The molecule has 0 N–H and O–H groups in total.